The molecule has 0 bridgehead atoms. The van der Waals surface area contributed by atoms with E-state index >= 15 is 0 Å². The van der Waals surface area contributed by atoms with E-state index < -0.39 is 15.9 Å². The number of ether oxygens (including phenoxy) is 1. The van der Waals surface area contributed by atoms with E-state index in [-0.39, 0.29) is 4.90 Å². The molecule has 0 spiro atoms. The Morgan fingerprint density at radius 1 is 1.11 bits per heavy atom. The molecule has 0 saturated carbocycles. The number of nitrogens with zero attached hydrogens (tertiary/aromatic N) is 2. The molecule has 0 saturated heterocycles. The van der Waals surface area contributed by atoms with Gasteiger partial charge in [0.1, 0.15) is 0 Å². The summed E-state index contributed by atoms with van der Waals surface area (Å²) in [4.78, 5) is 17.9. The number of sulfonamides is 1. The zero-order valence-electron chi connectivity index (χ0n) is 18.6. The van der Waals surface area contributed by atoms with Crippen molar-refractivity contribution in [3.63, 3.8) is 0 Å². The van der Waals surface area contributed by atoms with Crippen LogP contribution < -0.4 is 9.52 Å². The topological polar surface area (TPSA) is 89.8 Å². The third-order valence-electron chi connectivity index (χ3n) is 5.01. The van der Waals surface area contributed by atoms with Crippen molar-refractivity contribution in [2.45, 2.75) is 18.4 Å². The first-order chi connectivity index (χ1) is 16.8. The standard InChI is InChI=1S/C24H21BrClN3O4S2/c1-2-33-14-13-29-21-12-5-17(25)15-22(21)34-24(29)27-23(30)16-3-8-19(9-4-16)28-35(31,32)20-10-6-18(26)7-11-20/h3-12,15,28H,2,13-14H2,1H3. The Kier molecular flexibility index (Phi) is 8.08. The lowest BCUT2D eigenvalue weighted by Gasteiger charge is -2.08. The van der Waals surface area contributed by atoms with Crippen LogP contribution in [0.5, 0.6) is 0 Å². The highest BCUT2D eigenvalue weighted by molar-refractivity contribution is 9.10. The summed E-state index contributed by atoms with van der Waals surface area (Å²) >= 11 is 10.7. The van der Waals surface area contributed by atoms with Gasteiger partial charge in [0.15, 0.2) is 4.80 Å². The van der Waals surface area contributed by atoms with E-state index in [2.05, 4.69) is 25.6 Å². The summed E-state index contributed by atoms with van der Waals surface area (Å²) in [5.41, 5.74) is 1.64. The average molecular weight is 595 g/mol. The van der Waals surface area contributed by atoms with Crippen molar-refractivity contribution >= 4 is 70.7 Å². The Hall–Kier alpha value is -2.50. The summed E-state index contributed by atoms with van der Waals surface area (Å²) in [6, 6.07) is 17.9. The minimum Gasteiger partial charge on any atom is -0.380 e. The van der Waals surface area contributed by atoms with Gasteiger partial charge in [-0.1, -0.05) is 38.9 Å². The molecule has 0 unspecified atom stereocenters. The van der Waals surface area contributed by atoms with E-state index in [9.17, 15) is 13.2 Å². The molecule has 7 nitrogen and oxygen atoms in total. The maximum absolute atomic E-state index is 12.9. The zero-order valence-corrected chi connectivity index (χ0v) is 22.5. The number of nitrogens with one attached hydrogen (secondary N) is 1. The summed E-state index contributed by atoms with van der Waals surface area (Å²) in [7, 11) is -3.78. The quantitative estimate of drug-likeness (QED) is 0.265. The largest absolute Gasteiger partial charge is 0.380 e. The lowest BCUT2D eigenvalue weighted by atomic mass is 10.2. The number of thiazole rings is 1. The number of hydrogen-bond donors (Lipinski definition) is 1. The van der Waals surface area contributed by atoms with Crippen molar-refractivity contribution in [3.05, 3.63) is 86.6 Å². The molecular weight excluding hydrogens is 574 g/mol. The maximum atomic E-state index is 12.9. The van der Waals surface area contributed by atoms with Crippen LogP contribution in [-0.4, -0.2) is 32.1 Å². The fourth-order valence-electron chi connectivity index (χ4n) is 3.31. The number of hydrogen-bond acceptors (Lipinski definition) is 5. The Balaban J connectivity index is 1.58. The van der Waals surface area contributed by atoms with Crippen molar-refractivity contribution in [2.24, 2.45) is 4.99 Å². The highest BCUT2D eigenvalue weighted by Gasteiger charge is 2.15. The lowest BCUT2D eigenvalue weighted by Crippen LogP contribution is -2.19. The van der Waals surface area contributed by atoms with E-state index in [4.69, 9.17) is 16.3 Å². The molecule has 1 aromatic heterocycles. The van der Waals surface area contributed by atoms with Crippen LogP contribution in [0.3, 0.4) is 0 Å². The van der Waals surface area contributed by atoms with E-state index in [0.29, 0.717) is 40.8 Å². The monoisotopic (exact) mass is 593 g/mol. The number of benzene rings is 3. The molecule has 11 heteroatoms. The van der Waals surface area contributed by atoms with Gasteiger partial charge in [0.25, 0.3) is 15.9 Å². The number of rotatable bonds is 8. The van der Waals surface area contributed by atoms with Crippen LogP contribution >= 0.6 is 38.9 Å². The summed E-state index contributed by atoms with van der Waals surface area (Å²) in [5.74, 6) is -0.423. The van der Waals surface area contributed by atoms with Gasteiger partial charge in [0.2, 0.25) is 0 Å². The van der Waals surface area contributed by atoms with Gasteiger partial charge in [-0.25, -0.2) is 8.42 Å². The smallest absolute Gasteiger partial charge is 0.279 e. The van der Waals surface area contributed by atoms with Gasteiger partial charge >= 0.3 is 0 Å². The second-order valence-electron chi connectivity index (χ2n) is 7.40. The van der Waals surface area contributed by atoms with Crippen LogP contribution in [0.15, 0.2) is 81.1 Å². The van der Waals surface area contributed by atoms with Gasteiger partial charge in [-0.2, -0.15) is 4.99 Å². The Bertz CT molecular complexity index is 1530. The fourth-order valence-corrected chi connectivity index (χ4v) is 6.10. The summed E-state index contributed by atoms with van der Waals surface area (Å²) < 4.78 is 37.0. The molecule has 3 aromatic carbocycles. The fraction of sp³-hybridized carbons (Fsp3) is 0.167. The number of carbonyl (C=O) groups is 1. The Morgan fingerprint density at radius 2 is 1.83 bits per heavy atom. The Labute approximate surface area is 220 Å². The van der Waals surface area contributed by atoms with Gasteiger partial charge in [0, 0.05) is 33.9 Å². The van der Waals surface area contributed by atoms with Crippen LogP contribution in [0.1, 0.15) is 17.3 Å². The number of fused-ring (bicyclic) bond motifs is 1. The van der Waals surface area contributed by atoms with Gasteiger partial charge in [-0.15, -0.1) is 0 Å². The van der Waals surface area contributed by atoms with E-state index in [1.807, 2.05) is 29.7 Å². The second kappa shape index (κ2) is 11.0. The third kappa shape index (κ3) is 6.20. The number of anilines is 1. The van der Waals surface area contributed by atoms with Crippen LogP contribution in [0, 0.1) is 0 Å². The van der Waals surface area contributed by atoms with Crippen LogP contribution in [0.2, 0.25) is 5.02 Å². The van der Waals surface area contributed by atoms with Crippen molar-refractivity contribution in [3.8, 4) is 0 Å². The summed E-state index contributed by atoms with van der Waals surface area (Å²) in [5, 5.41) is 0.445. The first-order valence-electron chi connectivity index (χ1n) is 10.6. The molecule has 0 aliphatic rings. The van der Waals surface area contributed by atoms with Gasteiger partial charge < -0.3 is 9.30 Å². The molecule has 1 amide bonds. The minimum atomic E-state index is -3.78. The van der Waals surface area contributed by atoms with Gasteiger partial charge in [-0.3, -0.25) is 9.52 Å². The summed E-state index contributed by atoms with van der Waals surface area (Å²) in [6.07, 6.45) is 0. The number of carbonyl (C=O) groups excluding carboxylic acids is 1. The van der Waals surface area contributed by atoms with E-state index in [1.54, 1.807) is 12.1 Å². The Morgan fingerprint density at radius 3 is 2.51 bits per heavy atom. The first-order valence-corrected chi connectivity index (χ1v) is 14.1. The number of amides is 1. The molecule has 0 atom stereocenters. The molecule has 35 heavy (non-hydrogen) atoms. The molecule has 0 aliphatic carbocycles. The molecule has 1 heterocycles. The average Bonchev–Trinajstić information content (AvgIpc) is 3.15. The number of halogens is 2. The molecule has 0 aliphatic heterocycles. The van der Waals surface area contributed by atoms with E-state index in [0.717, 1.165) is 14.7 Å². The normalized spacial score (nSPS) is 12.3. The molecule has 0 radical (unpaired) electrons. The second-order valence-corrected chi connectivity index (χ2v) is 11.4. The number of aromatic nitrogens is 1. The van der Waals surface area contributed by atoms with Crippen molar-refractivity contribution in [1.82, 2.24) is 4.57 Å². The van der Waals surface area contributed by atoms with Crippen LogP contribution in [0.25, 0.3) is 10.2 Å². The van der Waals surface area contributed by atoms with Crippen LogP contribution in [0.4, 0.5) is 5.69 Å². The van der Waals surface area contributed by atoms with Gasteiger partial charge in [-0.05, 0) is 73.7 Å². The van der Waals surface area contributed by atoms with Gasteiger partial charge in [0.05, 0.1) is 21.7 Å². The predicted octanol–water partition coefficient (Wildman–Crippen LogP) is 5.70. The highest BCUT2D eigenvalue weighted by atomic mass is 79.9. The maximum Gasteiger partial charge on any atom is 0.279 e. The molecule has 4 aromatic rings. The van der Waals surface area contributed by atoms with E-state index in [1.165, 1.54) is 47.7 Å². The van der Waals surface area contributed by atoms with Crippen molar-refractivity contribution < 1.29 is 17.9 Å². The minimum absolute atomic E-state index is 0.0880. The van der Waals surface area contributed by atoms with Crippen molar-refractivity contribution in [1.29, 1.82) is 0 Å². The zero-order chi connectivity index (χ0) is 25.0. The SMILES string of the molecule is CCOCCn1c(=NC(=O)c2ccc(NS(=O)(=O)c3ccc(Cl)cc3)cc2)sc2cc(Br)ccc21. The molecule has 0 fully saturated rings. The molecular formula is C24H21BrClN3O4S2. The molecule has 4 rings (SSSR count). The van der Waals surface area contributed by atoms with Crippen LogP contribution in [-0.2, 0) is 21.3 Å². The lowest BCUT2D eigenvalue weighted by molar-refractivity contribution is 0.0996. The molecule has 182 valence electrons. The third-order valence-corrected chi connectivity index (χ3v) is 8.20. The predicted molar refractivity (Wildman–Crippen MR) is 143 cm³/mol. The summed E-state index contributed by atoms with van der Waals surface area (Å²) in [6.45, 7) is 3.60. The first kappa shape index (κ1) is 25.6. The van der Waals surface area contributed by atoms with Crippen molar-refractivity contribution in [2.75, 3.05) is 17.9 Å². The highest BCUT2D eigenvalue weighted by Crippen LogP contribution is 2.23. The molecule has 1 N–H and O–H groups in total.